The maximum absolute atomic E-state index is 14.4. The third-order valence-corrected chi connectivity index (χ3v) is 5.01. The van der Waals surface area contributed by atoms with Crippen molar-refractivity contribution in [1.82, 2.24) is 20.1 Å². The fourth-order valence-electron chi connectivity index (χ4n) is 3.53. The van der Waals surface area contributed by atoms with Crippen molar-refractivity contribution in [3.8, 4) is 11.3 Å². The largest absolute Gasteiger partial charge is 0.364 e. The Kier molecular flexibility index (Phi) is 4.88. The number of piperidine rings is 1. The maximum Gasteiger partial charge on any atom is 0.158 e. The zero-order valence-electron chi connectivity index (χ0n) is 14.7. The van der Waals surface area contributed by atoms with Gasteiger partial charge in [-0.05, 0) is 44.6 Å². The Balaban J connectivity index is 1.79. The quantitative estimate of drug-likeness (QED) is 0.730. The van der Waals surface area contributed by atoms with Gasteiger partial charge < -0.3 is 10.2 Å². The summed E-state index contributed by atoms with van der Waals surface area (Å²) >= 11 is 5.73. The van der Waals surface area contributed by atoms with Gasteiger partial charge >= 0.3 is 0 Å². The first-order valence-electron chi connectivity index (χ1n) is 8.73. The summed E-state index contributed by atoms with van der Waals surface area (Å²) in [6.07, 6.45) is 5.32. The van der Waals surface area contributed by atoms with E-state index < -0.39 is 11.6 Å². The number of rotatable bonds is 3. The minimum Gasteiger partial charge on any atom is -0.364 e. The van der Waals surface area contributed by atoms with E-state index in [-0.39, 0.29) is 22.3 Å². The van der Waals surface area contributed by atoms with E-state index >= 15 is 0 Å². The molecule has 0 aliphatic carbocycles. The number of halogens is 3. The highest BCUT2D eigenvalue weighted by Crippen LogP contribution is 2.34. The smallest absolute Gasteiger partial charge is 0.158 e. The normalized spacial score (nSPS) is 18.0. The molecule has 2 aromatic heterocycles. The molecule has 0 amide bonds. The van der Waals surface area contributed by atoms with Crippen molar-refractivity contribution in [3.05, 3.63) is 47.2 Å². The molecule has 5 nitrogen and oxygen atoms in total. The number of pyridine rings is 1. The highest BCUT2D eigenvalue weighted by molar-refractivity contribution is 6.30. The second kappa shape index (κ2) is 7.32. The summed E-state index contributed by atoms with van der Waals surface area (Å²) in [7, 11) is 2.08. The van der Waals surface area contributed by atoms with Gasteiger partial charge in [-0.1, -0.05) is 11.6 Å². The standard InChI is InChI=1S/C19H18ClF2N5/c1-27-6-2-3-12(10-27)24-19-14-9-23-5-4-13(14)18(25-26-19)17-15(21)7-11(20)8-16(17)22/h4-5,7-9,12H,2-3,6,10H2,1H3,(H,24,26)/t12-/m1/s1. The van der Waals surface area contributed by atoms with Crippen LogP contribution in [0, 0.1) is 11.6 Å². The molecule has 4 rings (SSSR count). The van der Waals surface area contributed by atoms with Crippen LogP contribution in [0.2, 0.25) is 5.02 Å². The van der Waals surface area contributed by atoms with Crippen LogP contribution in [0.1, 0.15) is 12.8 Å². The molecule has 8 heteroatoms. The molecule has 1 fully saturated rings. The third-order valence-electron chi connectivity index (χ3n) is 4.79. The number of likely N-dealkylation sites (tertiary alicyclic amines) is 1. The Hall–Kier alpha value is -2.38. The van der Waals surface area contributed by atoms with Gasteiger partial charge in [0.25, 0.3) is 0 Å². The first-order valence-corrected chi connectivity index (χ1v) is 9.11. The Bertz CT molecular complexity index is 974. The van der Waals surface area contributed by atoms with E-state index in [0.717, 1.165) is 38.1 Å². The van der Waals surface area contributed by atoms with Crippen molar-refractivity contribution in [2.75, 3.05) is 25.5 Å². The molecular formula is C19H18ClF2N5. The second-order valence-electron chi connectivity index (χ2n) is 6.81. The number of benzene rings is 1. The van der Waals surface area contributed by atoms with Gasteiger partial charge in [0.05, 0.1) is 5.56 Å². The van der Waals surface area contributed by atoms with E-state index in [0.29, 0.717) is 16.6 Å². The lowest BCUT2D eigenvalue weighted by atomic mass is 10.0. The Labute approximate surface area is 160 Å². The van der Waals surface area contributed by atoms with E-state index in [1.165, 1.54) is 0 Å². The van der Waals surface area contributed by atoms with Crippen LogP contribution in [0.25, 0.3) is 22.0 Å². The summed E-state index contributed by atoms with van der Waals surface area (Å²) in [4.78, 5) is 6.40. The first-order chi connectivity index (χ1) is 13.0. The van der Waals surface area contributed by atoms with Gasteiger partial charge in [-0.25, -0.2) is 8.78 Å². The van der Waals surface area contributed by atoms with Gasteiger partial charge in [0.1, 0.15) is 17.3 Å². The predicted octanol–water partition coefficient (Wildman–Crippen LogP) is 4.13. The zero-order valence-corrected chi connectivity index (χ0v) is 15.5. The molecule has 3 aromatic rings. The van der Waals surface area contributed by atoms with Gasteiger partial charge in [-0.2, -0.15) is 0 Å². The molecule has 1 aliphatic rings. The Morgan fingerprint density at radius 3 is 2.70 bits per heavy atom. The molecule has 1 aliphatic heterocycles. The van der Waals surface area contributed by atoms with Crippen molar-refractivity contribution in [2.24, 2.45) is 0 Å². The van der Waals surface area contributed by atoms with Crippen LogP contribution in [0.15, 0.2) is 30.6 Å². The van der Waals surface area contributed by atoms with E-state index in [4.69, 9.17) is 11.6 Å². The third kappa shape index (κ3) is 3.57. The maximum atomic E-state index is 14.4. The highest BCUT2D eigenvalue weighted by Gasteiger charge is 2.22. The van der Waals surface area contributed by atoms with Crippen molar-refractivity contribution in [1.29, 1.82) is 0 Å². The van der Waals surface area contributed by atoms with E-state index in [9.17, 15) is 8.78 Å². The Morgan fingerprint density at radius 2 is 1.96 bits per heavy atom. The first kappa shape index (κ1) is 18.0. The van der Waals surface area contributed by atoms with E-state index in [2.05, 4.69) is 32.4 Å². The highest BCUT2D eigenvalue weighted by atomic mass is 35.5. The number of hydrogen-bond donors (Lipinski definition) is 1. The van der Waals surface area contributed by atoms with Crippen LogP contribution in [0.5, 0.6) is 0 Å². The lowest BCUT2D eigenvalue weighted by Gasteiger charge is -2.30. The number of nitrogens with zero attached hydrogens (tertiary/aromatic N) is 4. The summed E-state index contributed by atoms with van der Waals surface area (Å²) in [5.74, 6) is -0.985. The molecule has 0 saturated carbocycles. The molecule has 3 heterocycles. The fourth-order valence-corrected chi connectivity index (χ4v) is 3.73. The van der Waals surface area contributed by atoms with E-state index in [1.807, 2.05) is 0 Å². The van der Waals surface area contributed by atoms with Crippen LogP contribution in [-0.2, 0) is 0 Å². The van der Waals surface area contributed by atoms with Crippen LogP contribution >= 0.6 is 11.6 Å². The molecule has 1 N–H and O–H groups in total. The van der Waals surface area contributed by atoms with E-state index in [1.54, 1.807) is 18.5 Å². The van der Waals surface area contributed by atoms with Crippen molar-refractivity contribution >= 4 is 28.2 Å². The lowest BCUT2D eigenvalue weighted by Crippen LogP contribution is -2.40. The molecule has 1 saturated heterocycles. The van der Waals surface area contributed by atoms with Crippen LogP contribution in [0.3, 0.4) is 0 Å². The molecule has 0 bridgehead atoms. The topological polar surface area (TPSA) is 53.9 Å². The second-order valence-corrected chi connectivity index (χ2v) is 7.25. The van der Waals surface area contributed by atoms with Crippen molar-refractivity contribution in [2.45, 2.75) is 18.9 Å². The number of aromatic nitrogens is 3. The molecule has 140 valence electrons. The van der Waals surface area contributed by atoms with Gasteiger partial charge in [0, 0.05) is 40.8 Å². The molecule has 0 spiro atoms. The fraction of sp³-hybridized carbons (Fsp3) is 0.316. The molecule has 1 atom stereocenters. The minimum absolute atomic E-state index is 0.00705. The summed E-state index contributed by atoms with van der Waals surface area (Å²) in [5, 5.41) is 13.0. The predicted molar refractivity (Wildman–Crippen MR) is 102 cm³/mol. The molecular weight excluding hydrogens is 372 g/mol. The molecule has 27 heavy (non-hydrogen) atoms. The van der Waals surface area contributed by atoms with Crippen LogP contribution in [0.4, 0.5) is 14.6 Å². The molecule has 1 aromatic carbocycles. The average Bonchev–Trinajstić information content (AvgIpc) is 2.62. The molecule has 0 unspecified atom stereocenters. The van der Waals surface area contributed by atoms with Gasteiger partial charge in [-0.15, -0.1) is 10.2 Å². The number of anilines is 1. The SMILES string of the molecule is CN1CCC[C@@H](Nc2nnc(-c3c(F)cc(Cl)cc3F)c3ccncc23)C1. The number of nitrogens with one attached hydrogen (secondary N) is 1. The van der Waals surface area contributed by atoms with Gasteiger partial charge in [0.15, 0.2) is 5.82 Å². The monoisotopic (exact) mass is 389 g/mol. The summed E-state index contributed by atoms with van der Waals surface area (Å²) < 4.78 is 28.8. The summed E-state index contributed by atoms with van der Waals surface area (Å²) in [6, 6.07) is 4.05. The van der Waals surface area contributed by atoms with Crippen LogP contribution in [-0.4, -0.2) is 46.3 Å². The molecule has 0 radical (unpaired) electrons. The summed E-state index contributed by atoms with van der Waals surface area (Å²) in [5.41, 5.74) is -0.113. The van der Waals surface area contributed by atoms with Crippen molar-refractivity contribution in [3.63, 3.8) is 0 Å². The number of hydrogen-bond acceptors (Lipinski definition) is 5. The van der Waals surface area contributed by atoms with Crippen LogP contribution < -0.4 is 5.32 Å². The Morgan fingerprint density at radius 1 is 1.19 bits per heavy atom. The summed E-state index contributed by atoms with van der Waals surface area (Å²) in [6.45, 7) is 1.96. The zero-order chi connectivity index (χ0) is 19.0. The lowest BCUT2D eigenvalue weighted by molar-refractivity contribution is 0.261. The van der Waals surface area contributed by atoms with Crippen molar-refractivity contribution < 1.29 is 8.78 Å². The number of likely N-dealkylation sites (N-methyl/N-ethyl adjacent to an activating group) is 1. The minimum atomic E-state index is -0.776. The van der Waals surface area contributed by atoms with Gasteiger partial charge in [0.2, 0.25) is 0 Å². The van der Waals surface area contributed by atoms with Gasteiger partial charge in [-0.3, -0.25) is 4.98 Å². The average molecular weight is 390 g/mol. The number of fused-ring (bicyclic) bond motifs is 1.